The first-order valence-corrected chi connectivity index (χ1v) is 9.74. The van der Waals surface area contributed by atoms with E-state index in [9.17, 15) is 0 Å². The maximum Gasteiger partial charge on any atom is 0.190 e. The summed E-state index contributed by atoms with van der Waals surface area (Å²) in [6, 6.07) is 7.93. The summed E-state index contributed by atoms with van der Waals surface area (Å²) in [4.78, 5) is 16.8. The zero-order valence-electron chi connectivity index (χ0n) is 15.7. The van der Waals surface area contributed by atoms with Gasteiger partial charge in [-0.25, -0.2) is 15.0 Å². The third kappa shape index (κ3) is 4.10. The Balaban J connectivity index is 1.51. The van der Waals surface area contributed by atoms with Crippen molar-refractivity contribution in [1.29, 1.82) is 0 Å². The lowest BCUT2D eigenvalue weighted by Crippen LogP contribution is -2.19. The lowest BCUT2D eigenvalue weighted by Gasteiger charge is -2.19. The van der Waals surface area contributed by atoms with Crippen LogP contribution in [0.4, 0.5) is 16.6 Å². The van der Waals surface area contributed by atoms with Gasteiger partial charge >= 0.3 is 0 Å². The van der Waals surface area contributed by atoms with Crippen LogP contribution in [-0.4, -0.2) is 52.5 Å². The summed E-state index contributed by atoms with van der Waals surface area (Å²) in [5, 5.41) is 10.8. The Morgan fingerprint density at radius 3 is 3.00 bits per heavy atom. The van der Waals surface area contributed by atoms with E-state index < -0.39 is 0 Å². The minimum Gasteiger partial charge on any atom is -0.385 e. The minimum atomic E-state index is 0.750. The van der Waals surface area contributed by atoms with Gasteiger partial charge in [0.25, 0.3) is 0 Å². The van der Waals surface area contributed by atoms with Crippen LogP contribution < -0.4 is 10.2 Å². The van der Waals surface area contributed by atoms with Crippen molar-refractivity contribution in [2.45, 2.75) is 6.42 Å². The molecule has 0 aliphatic heterocycles. The third-order valence-corrected chi connectivity index (χ3v) is 5.19. The first kappa shape index (κ1) is 18.3. The maximum absolute atomic E-state index is 5.12. The van der Waals surface area contributed by atoms with Crippen molar-refractivity contribution in [2.24, 2.45) is 0 Å². The summed E-state index contributed by atoms with van der Waals surface area (Å²) in [5.74, 6) is 0.755. The van der Waals surface area contributed by atoms with Gasteiger partial charge in [-0.05, 0) is 24.6 Å². The molecule has 28 heavy (non-hydrogen) atoms. The number of H-pyrrole nitrogens is 1. The summed E-state index contributed by atoms with van der Waals surface area (Å²) in [7, 11) is 3.78. The number of nitrogens with zero attached hydrogens (tertiary/aromatic N) is 5. The number of pyridine rings is 2. The molecular weight excluding hydrogens is 374 g/mol. The Morgan fingerprint density at radius 1 is 1.25 bits per heavy atom. The Labute approximate surface area is 166 Å². The lowest BCUT2D eigenvalue weighted by molar-refractivity contribution is 0.196. The second kappa shape index (κ2) is 8.32. The molecule has 0 spiro atoms. The SMILES string of the molecule is COCCCN(C)c1ccnc(Nc2nc3ccc(-c4cn[nH]c4)nc3s2)c1. The van der Waals surface area contributed by atoms with Crippen LogP contribution in [0.5, 0.6) is 0 Å². The van der Waals surface area contributed by atoms with Gasteiger partial charge in [-0.1, -0.05) is 11.3 Å². The summed E-state index contributed by atoms with van der Waals surface area (Å²) in [6.45, 7) is 1.67. The molecule has 0 aliphatic carbocycles. The van der Waals surface area contributed by atoms with E-state index in [1.54, 1.807) is 19.5 Å². The van der Waals surface area contributed by atoms with Crippen LogP contribution in [0.1, 0.15) is 6.42 Å². The van der Waals surface area contributed by atoms with Gasteiger partial charge in [0, 0.05) is 57.0 Å². The largest absolute Gasteiger partial charge is 0.385 e. The average Bonchev–Trinajstić information content (AvgIpc) is 3.37. The highest BCUT2D eigenvalue weighted by Crippen LogP contribution is 2.29. The second-order valence-electron chi connectivity index (χ2n) is 6.32. The molecule has 0 unspecified atom stereocenters. The van der Waals surface area contributed by atoms with Gasteiger partial charge in [-0.2, -0.15) is 5.10 Å². The standard InChI is InChI=1S/C19H21N7OS/c1-26(8-3-9-27-2)14-6-7-20-17(10-14)25-19-24-16-5-4-15(23-18(16)28-19)13-11-21-22-12-13/h4-7,10-12H,3,8-9H2,1-2H3,(H,21,22)(H,20,24,25). The summed E-state index contributed by atoms with van der Waals surface area (Å²) in [5.41, 5.74) is 3.77. The topological polar surface area (TPSA) is 91.9 Å². The highest BCUT2D eigenvalue weighted by Gasteiger charge is 2.10. The van der Waals surface area contributed by atoms with Crippen molar-refractivity contribution < 1.29 is 4.74 Å². The molecule has 4 heterocycles. The highest BCUT2D eigenvalue weighted by atomic mass is 32.1. The van der Waals surface area contributed by atoms with Crippen LogP contribution in [0.3, 0.4) is 0 Å². The Hall–Kier alpha value is -3.04. The average molecular weight is 395 g/mol. The van der Waals surface area contributed by atoms with E-state index >= 15 is 0 Å². The van der Waals surface area contributed by atoms with Gasteiger partial charge < -0.3 is 15.0 Å². The molecule has 0 aliphatic rings. The van der Waals surface area contributed by atoms with E-state index in [0.717, 1.165) is 57.8 Å². The quantitative estimate of drug-likeness (QED) is 0.440. The molecule has 0 amide bonds. The molecule has 0 atom stereocenters. The van der Waals surface area contributed by atoms with E-state index in [2.05, 4.69) is 42.4 Å². The predicted molar refractivity (Wildman–Crippen MR) is 112 cm³/mol. The summed E-state index contributed by atoms with van der Waals surface area (Å²) in [6.07, 6.45) is 6.35. The first-order chi connectivity index (χ1) is 13.7. The maximum atomic E-state index is 5.12. The Morgan fingerprint density at radius 2 is 2.18 bits per heavy atom. The van der Waals surface area contributed by atoms with Crippen LogP contribution in [0.15, 0.2) is 42.9 Å². The smallest absolute Gasteiger partial charge is 0.190 e. The molecule has 0 bridgehead atoms. The molecular formula is C19H21N7OS. The number of aromatic amines is 1. The molecule has 0 radical (unpaired) electrons. The number of ether oxygens (including phenoxy) is 1. The molecule has 4 aromatic heterocycles. The van der Waals surface area contributed by atoms with Crippen molar-refractivity contribution >= 4 is 38.3 Å². The van der Waals surface area contributed by atoms with Gasteiger partial charge in [0.05, 0.1) is 11.9 Å². The zero-order chi connectivity index (χ0) is 19.3. The number of nitrogens with one attached hydrogen (secondary N) is 2. The molecule has 0 fully saturated rings. The normalized spacial score (nSPS) is 11.1. The monoisotopic (exact) mass is 395 g/mol. The van der Waals surface area contributed by atoms with Crippen LogP contribution in [0.25, 0.3) is 21.6 Å². The van der Waals surface area contributed by atoms with Gasteiger partial charge in [0.15, 0.2) is 5.13 Å². The van der Waals surface area contributed by atoms with Gasteiger partial charge in [0.2, 0.25) is 0 Å². The number of hydrogen-bond donors (Lipinski definition) is 2. The van der Waals surface area contributed by atoms with Gasteiger partial charge in [-0.15, -0.1) is 0 Å². The van der Waals surface area contributed by atoms with E-state index in [-0.39, 0.29) is 0 Å². The van der Waals surface area contributed by atoms with Crippen molar-refractivity contribution in [3.63, 3.8) is 0 Å². The summed E-state index contributed by atoms with van der Waals surface area (Å²) < 4.78 is 5.12. The summed E-state index contributed by atoms with van der Waals surface area (Å²) >= 11 is 1.50. The van der Waals surface area contributed by atoms with E-state index in [1.165, 1.54) is 11.3 Å². The van der Waals surface area contributed by atoms with E-state index in [1.807, 2.05) is 30.5 Å². The highest BCUT2D eigenvalue weighted by molar-refractivity contribution is 7.21. The number of rotatable bonds is 8. The molecule has 4 aromatic rings. The minimum absolute atomic E-state index is 0.750. The zero-order valence-corrected chi connectivity index (χ0v) is 16.5. The third-order valence-electron chi connectivity index (χ3n) is 4.31. The van der Waals surface area contributed by atoms with Gasteiger partial charge in [-0.3, -0.25) is 5.10 Å². The molecule has 9 heteroatoms. The molecule has 0 saturated heterocycles. The Kier molecular flexibility index (Phi) is 5.45. The van der Waals surface area contributed by atoms with E-state index in [0.29, 0.717) is 0 Å². The number of hydrogen-bond acceptors (Lipinski definition) is 8. The van der Waals surface area contributed by atoms with Crippen LogP contribution in [0.2, 0.25) is 0 Å². The molecule has 144 valence electrons. The lowest BCUT2D eigenvalue weighted by atomic mass is 10.2. The fourth-order valence-corrected chi connectivity index (χ4v) is 3.68. The van der Waals surface area contributed by atoms with Crippen molar-refractivity contribution in [3.05, 3.63) is 42.9 Å². The number of thiazole rings is 1. The Bertz CT molecular complexity index is 1050. The number of fused-ring (bicyclic) bond motifs is 1. The van der Waals surface area contributed by atoms with E-state index in [4.69, 9.17) is 4.74 Å². The molecule has 0 aromatic carbocycles. The molecule has 4 rings (SSSR count). The number of aromatic nitrogens is 5. The number of methoxy groups -OCH3 is 1. The fourth-order valence-electron chi connectivity index (χ4n) is 2.83. The van der Waals surface area contributed by atoms with Crippen molar-refractivity contribution in [1.82, 2.24) is 25.1 Å². The van der Waals surface area contributed by atoms with Crippen LogP contribution in [0, 0.1) is 0 Å². The second-order valence-corrected chi connectivity index (χ2v) is 7.30. The first-order valence-electron chi connectivity index (χ1n) is 8.93. The predicted octanol–water partition coefficient (Wildman–Crippen LogP) is 3.69. The molecule has 8 nitrogen and oxygen atoms in total. The van der Waals surface area contributed by atoms with Crippen LogP contribution >= 0.6 is 11.3 Å². The van der Waals surface area contributed by atoms with Gasteiger partial charge in [0.1, 0.15) is 16.2 Å². The van der Waals surface area contributed by atoms with Crippen molar-refractivity contribution in [3.8, 4) is 11.3 Å². The fraction of sp³-hybridized carbons (Fsp3) is 0.263. The van der Waals surface area contributed by atoms with Crippen LogP contribution in [-0.2, 0) is 4.74 Å². The number of anilines is 3. The van der Waals surface area contributed by atoms with Crippen molar-refractivity contribution in [2.75, 3.05) is 37.5 Å². The molecule has 2 N–H and O–H groups in total. The molecule has 0 saturated carbocycles.